The summed E-state index contributed by atoms with van der Waals surface area (Å²) < 4.78 is 4.79. The molecule has 11 heavy (non-hydrogen) atoms. The van der Waals surface area contributed by atoms with Gasteiger partial charge in [-0.2, -0.15) is 0 Å². The summed E-state index contributed by atoms with van der Waals surface area (Å²) in [7, 11) is 0. The molecular weight excluding hydrogens is 148 g/mol. The second kappa shape index (κ2) is 2.71. The number of aromatic nitrogens is 1. The zero-order valence-corrected chi connectivity index (χ0v) is 6.00. The van der Waals surface area contributed by atoms with E-state index in [-0.39, 0.29) is 18.3 Å². The van der Waals surface area contributed by atoms with E-state index in [1.54, 1.807) is 6.92 Å². The van der Waals surface area contributed by atoms with Crippen LogP contribution in [0.25, 0.3) is 0 Å². The number of aryl methyl sites for hydroxylation is 1. The number of primary amides is 1. The highest BCUT2D eigenvalue weighted by molar-refractivity contribution is 5.90. The maximum absolute atomic E-state index is 10.6. The first-order valence-electron chi connectivity index (χ1n) is 3.02. The number of rotatable bonds is 2. The van der Waals surface area contributed by atoms with Gasteiger partial charge in [0.25, 0.3) is 5.91 Å². The summed E-state index contributed by atoms with van der Waals surface area (Å²) in [6, 6.07) is 0. The van der Waals surface area contributed by atoms with Gasteiger partial charge in [0.05, 0.1) is 5.69 Å². The van der Waals surface area contributed by atoms with E-state index in [1.165, 1.54) is 0 Å². The Labute approximate surface area is 62.8 Å². The van der Waals surface area contributed by atoms with Crippen LogP contribution in [0.1, 0.15) is 22.1 Å². The van der Waals surface area contributed by atoms with Gasteiger partial charge in [-0.05, 0) is 6.92 Å². The highest BCUT2D eigenvalue weighted by Crippen LogP contribution is 2.08. The Morgan fingerprint density at radius 1 is 1.82 bits per heavy atom. The Balaban J connectivity index is 3.07. The van der Waals surface area contributed by atoms with Crippen molar-refractivity contribution in [2.24, 2.45) is 5.73 Å². The first-order valence-corrected chi connectivity index (χ1v) is 3.02. The molecule has 0 aliphatic rings. The number of aliphatic hydroxyl groups excluding tert-OH is 1. The first-order chi connectivity index (χ1) is 5.15. The fourth-order valence-corrected chi connectivity index (χ4v) is 0.749. The smallest absolute Gasteiger partial charge is 0.286 e. The predicted octanol–water partition coefficient (Wildman–Crippen LogP) is -0.426. The van der Waals surface area contributed by atoms with Crippen molar-refractivity contribution < 1.29 is 14.3 Å². The summed E-state index contributed by atoms with van der Waals surface area (Å²) in [5, 5.41) is 8.55. The third kappa shape index (κ3) is 1.38. The Morgan fingerprint density at radius 3 is 2.73 bits per heavy atom. The summed E-state index contributed by atoms with van der Waals surface area (Å²) in [4.78, 5) is 14.3. The Hall–Kier alpha value is -1.36. The van der Waals surface area contributed by atoms with Crippen molar-refractivity contribution in [3.63, 3.8) is 0 Å². The van der Waals surface area contributed by atoms with E-state index in [9.17, 15) is 4.79 Å². The SMILES string of the molecule is Cc1nc(CO)oc1C(N)=O. The van der Waals surface area contributed by atoms with Crippen LogP contribution >= 0.6 is 0 Å². The van der Waals surface area contributed by atoms with Gasteiger partial charge in [0.2, 0.25) is 11.7 Å². The van der Waals surface area contributed by atoms with E-state index in [2.05, 4.69) is 4.98 Å². The Kier molecular flexibility index (Phi) is 1.91. The van der Waals surface area contributed by atoms with E-state index in [0.717, 1.165) is 0 Å². The molecule has 1 rings (SSSR count). The monoisotopic (exact) mass is 156 g/mol. The number of aliphatic hydroxyl groups is 1. The number of amides is 1. The maximum atomic E-state index is 10.6. The molecule has 0 spiro atoms. The van der Waals surface area contributed by atoms with E-state index in [1.807, 2.05) is 0 Å². The van der Waals surface area contributed by atoms with Gasteiger partial charge in [-0.25, -0.2) is 4.98 Å². The molecule has 0 bridgehead atoms. The van der Waals surface area contributed by atoms with Crippen LogP contribution in [0.3, 0.4) is 0 Å². The molecule has 0 radical (unpaired) electrons. The van der Waals surface area contributed by atoms with Crippen LogP contribution in [0.4, 0.5) is 0 Å². The molecule has 0 atom stereocenters. The van der Waals surface area contributed by atoms with Gasteiger partial charge in [0.15, 0.2) is 0 Å². The first kappa shape index (κ1) is 7.74. The fraction of sp³-hybridized carbons (Fsp3) is 0.333. The van der Waals surface area contributed by atoms with Crippen molar-refractivity contribution in [1.82, 2.24) is 4.98 Å². The maximum Gasteiger partial charge on any atom is 0.286 e. The molecule has 60 valence electrons. The van der Waals surface area contributed by atoms with Gasteiger partial charge >= 0.3 is 0 Å². The van der Waals surface area contributed by atoms with E-state index >= 15 is 0 Å². The van der Waals surface area contributed by atoms with Crippen LogP contribution in [0.5, 0.6) is 0 Å². The molecular formula is C6H8N2O3. The molecule has 0 fully saturated rings. The van der Waals surface area contributed by atoms with Crippen molar-refractivity contribution >= 4 is 5.91 Å². The van der Waals surface area contributed by atoms with Crippen LogP contribution in [0.15, 0.2) is 4.42 Å². The molecule has 0 saturated carbocycles. The molecule has 0 unspecified atom stereocenters. The van der Waals surface area contributed by atoms with Crippen LogP contribution < -0.4 is 5.73 Å². The van der Waals surface area contributed by atoms with Gasteiger partial charge in [-0.15, -0.1) is 0 Å². The Morgan fingerprint density at radius 2 is 2.45 bits per heavy atom. The van der Waals surface area contributed by atoms with Crippen molar-refractivity contribution in [3.05, 3.63) is 17.3 Å². The van der Waals surface area contributed by atoms with Gasteiger partial charge in [0, 0.05) is 0 Å². The van der Waals surface area contributed by atoms with Crippen LogP contribution in [-0.2, 0) is 6.61 Å². The standard InChI is InChI=1S/C6H8N2O3/c1-3-5(6(7)10)11-4(2-9)8-3/h9H,2H2,1H3,(H2,7,10). The fourth-order valence-electron chi connectivity index (χ4n) is 0.749. The van der Waals surface area contributed by atoms with Crippen LogP contribution in [0.2, 0.25) is 0 Å². The second-order valence-electron chi connectivity index (χ2n) is 2.04. The summed E-state index contributed by atoms with van der Waals surface area (Å²) in [5.41, 5.74) is 5.33. The average molecular weight is 156 g/mol. The summed E-state index contributed by atoms with van der Waals surface area (Å²) >= 11 is 0. The minimum absolute atomic E-state index is 0.00838. The molecule has 1 aromatic rings. The second-order valence-corrected chi connectivity index (χ2v) is 2.04. The quantitative estimate of drug-likeness (QED) is 0.608. The predicted molar refractivity (Wildman–Crippen MR) is 35.7 cm³/mol. The van der Waals surface area contributed by atoms with Gasteiger partial charge in [0.1, 0.15) is 6.61 Å². The number of nitrogens with zero attached hydrogens (tertiary/aromatic N) is 1. The van der Waals surface area contributed by atoms with E-state index < -0.39 is 5.91 Å². The molecule has 1 amide bonds. The van der Waals surface area contributed by atoms with Crippen molar-refractivity contribution in [2.45, 2.75) is 13.5 Å². The zero-order valence-electron chi connectivity index (χ0n) is 6.00. The number of oxazole rings is 1. The lowest BCUT2D eigenvalue weighted by Crippen LogP contribution is -2.10. The van der Waals surface area contributed by atoms with E-state index in [0.29, 0.717) is 5.69 Å². The highest BCUT2D eigenvalue weighted by Gasteiger charge is 2.12. The summed E-state index contributed by atoms with van der Waals surface area (Å²) in [6.45, 7) is 1.26. The van der Waals surface area contributed by atoms with Crippen molar-refractivity contribution in [1.29, 1.82) is 0 Å². The molecule has 5 heteroatoms. The molecule has 1 aromatic heterocycles. The topological polar surface area (TPSA) is 89.3 Å². The largest absolute Gasteiger partial charge is 0.433 e. The number of hydrogen-bond donors (Lipinski definition) is 2. The van der Waals surface area contributed by atoms with Crippen LogP contribution in [0, 0.1) is 6.92 Å². The molecule has 3 N–H and O–H groups in total. The molecule has 0 aliphatic heterocycles. The zero-order chi connectivity index (χ0) is 8.43. The van der Waals surface area contributed by atoms with Gasteiger partial charge in [-0.1, -0.05) is 0 Å². The van der Waals surface area contributed by atoms with E-state index in [4.69, 9.17) is 15.3 Å². The molecule has 1 heterocycles. The minimum atomic E-state index is -0.672. The minimum Gasteiger partial charge on any atom is -0.433 e. The molecule has 0 aromatic carbocycles. The lowest BCUT2D eigenvalue weighted by molar-refractivity contribution is 0.0968. The van der Waals surface area contributed by atoms with Crippen LogP contribution in [-0.4, -0.2) is 16.0 Å². The van der Waals surface area contributed by atoms with Gasteiger partial charge in [-0.3, -0.25) is 4.79 Å². The number of nitrogens with two attached hydrogens (primary N) is 1. The summed E-state index contributed by atoms with van der Waals surface area (Å²) in [5.74, 6) is -0.556. The molecule has 0 aliphatic carbocycles. The average Bonchev–Trinajstić information content (AvgIpc) is 2.30. The van der Waals surface area contributed by atoms with Crippen molar-refractivity contribution in [3.8, 4) is 0 Å². The van der Waals surface area contributed by atoms with Crippen molar-refractivity contribution in [2.75, 3.05) is 0 Å². The lowest BCUT2D eigenvalue weighted by atomic mass is 10.4. The Bertz CT molecular complexity index is 279. The third-order valence-electron chi connectivity index (χ3n) is 1.20. The normalized spacial score (nSPS) is 10.0. The molecule has 5 nitrogen and oxygen atoms in total. The number of hydrogen-bond acceptors (Lipinski definition) is 4. The summed E-state index contributed by atoms with van der Waals surface area (Å²) in [6.07, 6.45) is 0. The third-order valence-corrected chi connectivity index (χ3v) is 1.20. The lowest BCUT2D eigenvalue weighted by Gasteiger charge is -1.86. The number of carbonyl (C=O) groups is 1. The number of carbonyl (C=O) groups excluding carboxylic acids is 1. The van der Waals surface area contributed by atoms with Gasteiger partial charge < -0.3 is 15.3 Å². The molecule has 0 saturated heterocycles. The highest BCUT2D eigenvalue weighted by atomic mass is 16.4.